The zero-order valence-corrected chi connectivity index (χ0v) is 21.2. The molecule has 1 N–H and O–H groups in total. The van der Waals surface area contributed by atoms with Crippen LogP contribution >= 0.6 is 0 Å². The predicted octanol–water partition coefficient (Wildman–Crippen LogP) is 4.14. The largest absolute Gasteiger partial charge is 0.444 e. The molecule has 2 aliphatic heterocycles. The third kappa shape index (κ3) is 5.32. The van der Waals surface area contributed by atoms with Crippen LogP contribution in [0.15, 0.2) is 35.4 Å². The summed E-state index contributed by atoms with van der Waals surface area (Å²) in [5.41, 5.74) is 2.34. The minimum atomic E-state index is -1.22. The van der Waals surface area contributed by atoms with E-state index < -0.39 is 16.6 Å². The van der Waals surface area contributed by atoms with Crippen molar-refractivity contribution in [2.24, 2.45) is 0 Å². The van der Waals surface area contributed by atoms with Crippen molar-refractivity contribution in [2.45, 2.75) is 40.2 Å². The fraction of sp³-hybridized carbons (Fsp3) is 0.458. The molecule has 0 spiro atoms. The van der Waals surface area contributed by atoms with Crippen LogP contribution in [0.25, 0.3) is 6.08 Å². The van der Waals surface area contributed by atoms with Gasteiger partial charge in [-0.1, -0.05) is 0 Å². The molecule has 0 radical (unpaired) electrons. The molecule has 3 heterocycles. The zero-order chi connectivity index (χ0) is 24.5. The number of hydrogen-bond acceptors (Lipinski definition) is 7. The van der Waals surface area contributed by atoms with Crippen LogP contribution in [0.4, 0.5) is 27.9 Å². The summed E-state index contributed by atoms with van der Waals surface area (Å²) in [6.45, 7) is 12.8. The molecule has 182 valence electrons. The number of hydrogen-bond donors (Lipinski definition) is 1. The number of amides is 1. The molecular weight excluding hydrogens is 452 g/mol. The lowest BCUT2D eigenvalue weighted by Crippen LogP contribution is -2.50. The van der Waals surface area contributed by atoms with Crippen LogP contribution in [0.1, 0.15) is 40.2 Å². The Morgan fingerprint density at radius 3 is 2.44 bits per heavy atom. The van der Waals surface area contributed by atoms with E-state index in [1.54, 1.807) is 15.4 Å². The van der Waals surface area contributed by atoms with Crippen LogP contribution in [0.2, 0.25) is 0 Å². The molecule has 1 atom stereocenters. The molecule has 0 aliphatic carbocycles. The summed E-state index contributed by atoms with van der Waals surface area (Å²) in [4.78, 5) is 26.1. The highest BCUT2D eigenvalue weighted by atomic mass is 32.2. The topological polar surface area (TPSA) is 90.9 Å². The van der Waals surface area contributed by atoms with E-state index >= 15 is 0 Å². The molecular formula is C24H32N6O3S. The number of fused-ring (bicyclic) bond motifs is 1. The molecule has 9 nitrogen and oxygen atoms in total. The van der Waals surface area contributed by atoms with E-state index in [4.69, 9.17) is 4.74 Å². The van der Waals surface area contributed by atoms with E-state index in [-0.39, 0.29) is 6.09 Å². The van der Waals surface area contributed by atoms with Gasteiger partial charge in [-0.05, 0) is 65.0 Å². The van der Waals surface area contributed by atoms with E-state index in [1.807, 2.05) is 65.0 Å². The lowest BCUT2D eigenvalue weighted by atomic mass is 10.2. The van der Waals surface area contributed by atoms with Crippen LogP contribution in [0.3, 0.4) is 0 Å². The van der Waals surface area contributed by atoms with E-state index in [9.17, 15) is 9.00 Å². The zero-order valence-electron chi connectivity index (χ0n) is 20.4. The summed E-state index contributed by atoms with van der Waals surface area (Å²) in [6, 6.07) is 8.06. The third-order valence-electron chi connectivity index (χ3n) is 5.57. The number of aromatic nitrogens is 2. The molecule has 1 aromatic heterocycles. The number of rotatable bonds is 4. The molecule has 0 bridgehead atoms. The van der Waals surface area contributed by atoms with Gasteiger partial charge in [0.2, 0.25) is 5.95 Å². The quantitative estimate of drug-likeness (QED) is 0.697. The summed E-state index contributed by atoms with van der Waals surface area (Å²) in [7, 11) is -1.22. The number of benzene rings is 1. The van der Waals surface area contributed by atoms with Crippen molar-refractivity contribution in [1.29, 1.82) is 0 Å². The van der Waals surface area contributed by atoms with Gasteiger partial charge in [-0.2, -0.15) is 4.98 Å². The summed E-state index contributed by atoms with van der Waals surface area (Å²) < 4.78 is 19.8. The monoisotopic (exact) mass is 484 g/mol. The number of nitrogens with one attached hydrogen (secondary N) is 1. The van der Waals surface area contributed by atoms with E-state index in [0.717, 1.165) is 34.9 Å². The van der Waals surface area contributed by atoms with Gasteiger partial charge in [0.1, 0.15) is 16.6 Å². The average molecular weight is 485 g/mol. The normalized spacial score (nSPS) is 18.3. The maximum Gasteiger partial charge on any atom is 0.410 e. The number of anilines is 4. The molecule has 10 heteroatoms. The smallest absolute Gasteiger partial charge is 0.410 e. The van der Waals surface area contributed by atoms with Gasteiger partial charge >= 0.3 is 6.09 Å². The van der Waals surface area contributed by atoms with Crippen LogP contribution in [-0.2, 0) is 15.7 Å². The maximum absolute atomic E-state index is 12.5. The second kappa shape index (κ2) is 9.61. The fourth-order valence-corrected chi connectivity index (χ4v) is 5.00. The highest BCUT2D eigenvalue weighted by molar-refractivity contribution is 7.90. The molecule has 2 aliphatic rings. The summed E-state index contributed by atoms with van der Waals surface area (Å²) in [6.07, 6.45) is 3.37. The number of nitrogens with zero attached hydrogens (tertiary/aromatic N) is 5. The van der Waals surface area contributed by atoms with Gasteiger partial charge in [0.15, 0.2) is 5.82 Å². The molecule has 1 unspecified atom stereocenters. The van der Waals surface area contributed by atoms with Crippen molar-refractivity contribution < 1.29 is 13.7 Å². The number of carbonyl (C=O) groups excluding carboxylic acids is 1. The summed E-state index contributed by atoms with van der Waals surface area (Å²) >= 11 is 0. The second-order valence-electron chi connectivity index (χ2n) is 9.30. The molecule has 2 aromatic rings. The van der Waals surface area contributed by atoms with Crippen LogP contribution in [-0.4, -0.2) is 63.5 Å². The Morgan fingerprint density at radius 1 is 1.15 bits per heavy atom. The maximum atomic E-state index is 12.5. The van der Waals surface area contributed by atoms with E-state index in [2.05, 4.69) is 20.2 Å². The molecule has 1 fully saturated rings. The Hall–Kier alpha value is -3.14. The predicted molar refractivity (Wildman–Crippen MR) is 137 cm³/mol. The van der Waals surface area contributed by atoms with Crippen LogP contribution < -0.4 is 14.5 Å². The first kappa shape index (κ1) is 24.0. The molecule has 1 saturated heterocycles. The number of allylic oxidation sites excluding steroid dienone is 1. The first-order valence-electron chi connectivity index (χ1n) is 11.5. The third-order valence-corrected chi connectivity index (χ3v) is 7.07. The van der Waals surface area contributed by atoms with Gasteiger partial charge in [-0.25, -0.2) is 14.0 Å². The number of piperazine rings is 1. The van der Waals surface area contributed by atoms with Gasteiger partial charge in [0.25, 0.3) is 0 Å². The molecule has 0 saturated carbocycles. The van der Waals surface area contributed by atoms with Gasteiger partial charge in [-0.15, -0.1) is 0 Å². The van der Waals surface area contributed by atoms with E-state index in [0.29, 0.717) is 31.4 Å². The Balaban J connectivity index is 1.39. The first-order chi connectivity index (χ1) is 16.1. The van der Waals surface area contributed by atoms with Gasteiger partial charge in [-0.3, -0.25) is 4.31 Å². The Kier molecular flexibility index (Phi) is 6.79. The molecule has 34 heavy (non-hydrogen) atoms. The lowest BCUT2D eigenvalue weighted by Gasteiger charge is -2.36. The van der Waals surface area contributed by atoms with Crippen molar-refractivity contribution in [3.05, 3.63) is 40.9 Å². The van der Waals surface area contributed by atoms with Crippen molar-refractivity contribution in [3.63, 3.8) is 0 Å². The molecule has 1 amide bonds. The van der Waals surface area contributed by atoms with Gasteiger partial charge < -0.3 is 19.9 Å². The Labute approximate surface area is 203 Å². The minimum absolute atomic E-state index is 0.257. The van der Waals surface area contributed by atoms with Crippen molar-refractivity contribution in [1.82, 2.24) is 14.9 Å². The Morgan fingerprint density at radius 2 is 1.82 bits per heavy atom. The van der Waals surface area contributed by atoms with Crippen molar-refractivity contribution >= 4 is 46.3 Å². The van der Waals surface area contributed by atoms with Crippen LogP contribution in [0.5, 0.6) is 0 Å². The summed E-state index contributed by atoms with van der Waals surface area (Å²) in [5.74, 6) is 1.13. The molecule has 1 aromatic carbocycles. The SMILES string of the molecule is CCN1c2nc(Nc3ccc(N4CCN(C(=O)OC(C)(C)C)CC4)cc3)ncc2C=C(C)S1=O. The van der Waals surface area contributed by atoms with Crippen molar-refractivity contribution in [2.75, 3.05) is 47.2 Å². The van der Waals surface area contributed by atoms with Crippen molar-refractivity contribution in [3.8, 4) is 0 Å². The minimum Gasteiger partial charge on any atom is -0.444 e. The fourth-order valence-electron chi connectivity index (χ4n) is 3.89. The molecule has 4 rings (SSSR count). The Bertz CT molecular complexity index is 1100. The van der Waals surface area contributed by atoms with Crippen LogP contribution in [0, 0.1) is 0 Å². The first-order valence-corrected chi connectivity index (χ1v) is 12.6. The van der Waals surface area contributed by atoms with Gasteiger partial charge in [0.05, 0.1) is 0 Å². The van der Waals surface area contributed by atoms with Gasteiger partial charge in [0, 0.05) is 60.8 Å². The standard InChI is InChI=1S/C24H32N6O3S/c1-6-30-21-18(15-17(2)34(30)32)16-25-22(27-21)26-19-7-9-20(10-8-19)28-11-13-29(14-12-28)23(31)33-24(3,4)5/h7-10,15-16H,6,11-14H2,1-5H3,(H,25,26,27). The highest BCUT2D eigenvalue weighted by Crippen LogP contribution is 2.31. The number of carbonyl (C=O) groups is 1. The van der Waals surface area contributed by atoms with E-state index in [1.165, 1.54) is 0 Å². The number of ether oxygens (including phenoxy) is 1. The highest BCUT2D eigenvalue weighted by Gasteiger charge is 2.26. The second-order valence-corrected chi connectivity index (χ2v) is 10.9. The average Bonchev–Trinajstić information content (AvgIpc) is 2.80. The lowest BCUT2D eigenvalue weighted by molar-refractivity contribution is 0.0240. The summed E-state index contributed by atoms with van der Waals surface area (Å²) in [5, 5.41) is 3.24.